The van der Waals surface area contributed by atoms with Gasteiger partial charge in [0.1, 0.15) is 5.01 Å². The highest BCUT2D eigenvalue weighted by Crippen LogP contribution is 2.38. The third-order valence-electron chi connectivity index (χ3n) is 4.71. The maximum atomic E-state index is 4.65. The van der Waals surface area contributed by atoms with E-state index in [9.17, 15) is 0 Å². The molecular weight excluding hydrogens is 254 g/mol. The van der Waals surface area contributed by atoms with Crippen molar-refractivity contribution in [1.29, 1.82) is 0 Å². The van der Waals surface area contributed by atoms with E-state index in [0.29, 0.717) is 0 Å². The van der Waals surface area contributed by atoms with Crippen LogP contribution in [0.25, 0.3) is 0 Å². The number of nitrogens with zero attached hydrogens (tertiary/aromatic N) is 2. The van der Waals surface area contributed by atoms with Gasteiger partial charge in [-0.3, -0.25) is 4.90 Å². The molecule has 1 aromatic heterocycles. The van der Waals surface area contributed by atoms with Gasteiger partial charge in [-0.05, 0) is 39.0 Å². The molecule has 2 aliphatic rings. The van der Waals surface area contributed by atoms with Gasteiger partial charge < -0.3 is 5.32 Å². The summed E-state index contributed by atoms with van der Waals surface area (Å²) in [6.07, 6.45) is 4.03. The first-order chi connectivity index (χ1) is 9.09. The molecule has 2 atom stereocenters. The zero-order chi connectivity index (χ0) is 13.5. The lowest BCUT2D eigenvalue weighted by Crippen LogP contribution is -2.62. The van der Waals surface area contributed by atoms with E-state index in [-0.39, 0.29) is 5.54 Å². The van der Waals surface area contributed by atoms with E-state index in [1.54, 1.807) is 0 Å². The van der Waals surface area contributed by atoms with E-state index in [2.05, 4.69) is 41.4 Å². The van der Waals surface area contributed by atoms with Crippen molar-refractivity contribution in [2.75, 3.05) is 13.1 Å². The largest absolute Gasteiger partial charge is 0.309 e. The number of rotatable bonds is 4. The summed E-state index contributed by atoms with van der Waals surface area (Å²) in [4.78, 5) is 7.34. The van der Waals surface area contributed by atoms with Crippen molar-refractivity contribution in [3.63, 3.8) is 0 Å². The fourth-order valence-electron chi connectivity index (χ4n) is 3.11. The Morgan fingerprint density at radius 2 is 2.32 bits per heavy atom. The van der Waals surface area contributed by atoms with Crippen LogP contribution in [-0.4, -0.2) is 34.6 Å². The first-order valence-corrected chi connectivity index (χ1v) is 8.38. The molecule has 19 heavy (non-hydrogen) atoms. The molecule has 4 heteroatoms. The van der Waals surface area contributed by atoms with Crippen LogP contribution < -0.4 is 5.32 Å². The highest BCUT2D eigenvalue weighted by atomic mass is 32.1. The standard InChI is InChI=1S/C15H25N3S/c1-4-15(3)10-18(8-14-17-11(2)9-19-14)13(7-16-15)12-5-6-12/h9,12-13,16H,4-8,10H2,1-3H3. The minimum absolute atomic E-state index is 0.275. The topological polar surface area (TPSA) is 28.2 Å². The predicted molar refractivity (Wildman–Crippen MR) is 80.5 cm³/mol. The first kappa shape index (κ1) is 13.5. The molecule has 1 aliphatic carbocycles. The van der Waals surface area contributed by atoms with E-state index in [1.165, 1.54) is 24.3 Å². The second-order valence-corrected chi connectivity index (χ2v) is 7.43. The van der Waals surface area contributed by atoms with Gasteiger partial charge in [-0.25, -0.2) is 4.98 Å². The van der Waals surface area contributed by atoms with Gasteiger partial charge in [0.15, 0.2) is 0 Å². The molecule has 2 heterocycles. The van der Waals surface area contributed by atoms with Crippen molar-refractivity contribution in [3.05, 3.63) is 16.1 Å². The summed E-state index contributed by atoms with van der Waals surface area (Å²) in [6, 6.07) is 0.726. The Labute approximate surface area is 120 Å². The Balaban J connectivity index is 1.73. The molecule has 1 aliphatic heterocycles. The van der Waals surface area contributed by atoms with Crippen molar-refractivity contribution in [2.45, 2.75) is 58.2 Å². The van der Waals surface area contributed by atoms with Crippen molar-refractivity contribution < 1.29 is 0 Å². The molecule has 1 saturated heterocycles. The summed E-state index contributed by atoms with van der Waals surface area (Å²) in [5.41, 5.74) is 1.44. The van der Waals surface area contributed by atoms with E-state index in [4.69, 9.17) is 0 Å². The van der Waals surface area contributed by atoms with Gasteiger partial charge in [0.25, 0.3) is 0 Å². The van der Waals surface area contributed by atoms with Crippen molar-refractivity contribution in [3.8, 4) is 0 Å². The van der Waals surface area contributed by atoms with Gasteiger partial charge in [0.2, 0.25) is 0 Å². The van der Waals surface area contributed by atoms with Crippen LogP contribution in [0.2, 0.25) is 0 Å². The van der Waals surface area contributed by atoms with Crippen LogP contribution in [0.3, 0.4) is 0 Å². The maximum Gasteiger partial charge on any atom is 0.107 e. The number of aromatic nitrogens is 1. The number of aryl methyl sites for hydroxylation is 1. The highest BCUT2D eigenvalue weighted by Gasteiger charge is 2.41. The lowest BCUT2D eigenvalue weighted by atomic mass is 9.92. The summed E-state index contributed by atoms with van der Waals surface area (Å²) >= 11 is 1.81. The second-order valence-electron chi connectivity index (χ2n) is 6.49. The molecule has 106 valence electrons. The maximum absolute atomic E-state index is 4.65. The zero-order valence-electron chi connectivity index (χ0n) is 12.3. The second kappa shape index (κ2) is 5.15. The predicted octanol–water partition coefficient (Wildman–Crippen LogP) is 2.80. The molecule has 3 rings (SSSR count). The zero-order valence-corrected chi connectivity index (χ0v) is 13.1. The molecule has 0 bridgehead atoms. The smallest absolute Gasteiger partial charge is 0.107 e. The van der Waals surface area contributed by atoms with Crippen molar-refractivity contribution in [1.82, 2.24) is 15.2 Å². The summed E-state index contributed by atoms with van der Waals surface area (Å²) < 4.78 is 0. The lowest BCUT2D eigenvalue weighted by Gasteiger charge is -2.46. The Hall–Kier alpha value is -0.450. The summed E-state index contributed by atoms with van der Waals surface area (Å²) in [5.74, 6) is 0.926. The third-order valence-corrected chi connectivity index (χ3v) is 5.66. The number of hydrogen-bond donors (Lipinski definition) is 1. The van der Waals surface area contributed by atoms with E-state index >= 15 is 0 Å². The summed E-state index contributed by atoms with van der Waals surface area (Å²) in [6.45, 7) is 10.1. The SMILES string of the molecule is CCC1(C)CN(Cc2nc(C)cs2)C(C2CC2)CN1. The third kappa shape index (κ3) is 3.01. The molecule has 2 unspecified atom stereocenters. The van der Waals surface area contributed by atoms with Crippen LogP contribution in [-0.2, 0) is 6.54 Å². The number of nitrogens with one attached hydrogen (secondary N) is 1. The van der Waals surface area contributed by atoms with Crippen molar-refractivity contribution in [2.24, 2.45) is 5.92 Å². The fourth-order valence-corrected chi connectivity index (χ4v) is 3.90. The van der Waals surface area contributed by atoms with Gasteiger partial charge in [0.05, 0.1) is 6.54 Å². The average Bonchev–Trinajstić information content (AvgIpc) is 3.14. The van der Waals surface area contributed by atoms with Crippen LogP contribution in [0.15, 0.2) is 5.38 Å². The highest BCUT2D eigenvalue weighted by molar-refractivity contribution is 7.09. The molecular formula is C15H25N3S. The number of piperazine rings is 1. The molecule has 0 radical (unpaired) electrons. The summed E-state index contributed by atoms with van der Waals surface area (Å²) in [5, 5.41) is 7.23. The van der Waals surface area contributed by atoms with E-state index in [0.717, 1.165) is 37.3 Å². The van der Waals surface area contributed by atoms with Crippen LogP contribution in [0.1, 0.15) is 43.8 Å². The molecule has 1 aromatic rings. The Morgan fingerprint density at radius 1 is 1.53 bits per heavy atom. The van der Waals surface area contributed by atoms with Gasteiger partial charge >= 0.3 is 0 Å². The average molecular weight is 279 g/mol. The normalized spacial score (nSPS) is 32.7. The van der Waals surface area contributed by atoms with Crippen molar-refractivity contribution >= 4 is 11.3 Å². The van der Waals surface area contributed by atoms with E-state index in [1.807, 2.05) is 11.3 Å². The minimum Gasteiger partial charge on any atom is -0.309 e. The molecule has 3 nitrogen and oxygen atoms in total. The Morgan fingerprint density at radius 3 is 2.89 bits per heavy atom. The molecule has 2 fully saturated rings. The molecule has 0 spiro atoms. The van der Waals surface area contributed by atoms with E-state index < -0.39 is 0 Å². The Bertz CT molecular complexity index is 440. The van der Waals surface area contributed by atoms with Crippen LogP contribution in [0.4, 0.5) is 0 Å². The Kier molecular flexibility index (Phi) is 3.67. The molecule has 0 aromatic carbocycles. The fraction of sp³-hybridized carbons (Fsp3) is 0.800. The van der Waals surface area contributed by atoms with Gasteiger partial charge in [-0.2, -0.15) is 0 Å². The molecule has 1 saturated carbocycles. The number of hydrogen-bond acceptors (Lipinski definition) is 4. The first-order valence-electron chi connectivity index (χ1n) is 7.50. The quantitative estimate of drug-likeness (QED) is 0.918. The number of thiazole rings is 1. The van der Waals surface area contributed by atoms with Gasteiger partial charge in [-0.15, -0.1) is 11.3 Å². The van der Waals surface area contributed by atoms with Crippen LogP contribution in [0, 0.1) is 12.8 Å². The van der Waals surface area contributed by atoms with Gasteiger partial charge in [-0.1, -0.05) is 6.92 Å². The minimum atomic E-state index is 0.275. The lowest BCUT2D eigenvalue weighted by molar-refractivity contribution is 0.0661. The van der Waals surface area contributed by atoms with Crippen LogP contribution in [0.5, 0.6) is 0 Å². The van der Waals surface area contributed by atoms with Crippen LogP contribution >= 0.6 is 11.3 Å². The molecule has 1 N–H and O–H groups in total. The summed E-state index contributed by atoms with van der Waals surface area (Å²) in [7, 11) is 0. The van der Waals surface area contributed by atoms with Gasteiger partial charge in [0, 0.05) is 35.7 Å². The molecule has 0 amide bonds. The monoisotopic (exact) mass is 279 g/mol.